The Morgan fingerprint density at radius 1 is 0.929 bits per heavy atom. The summed E-state index contributed by atoms with van der Waals surface area (Å²) in [5, 5.41) is 5.13. The van der Waals surface area contributed by atoms with Gasteiger partial charge in [-0.3, -0.25) is 24.1 Å². The first-order valence-electron chi connectivity index (χ1n) is 13.4. The molecule has 2 N–H and O–H groups in total. The Hall–Kier alpha value is -4.57. The van der Waals surface area contributed by atoms with Gasteiger partial charge in [-0.15, -0.1) is 0 Å². The van der Waals surface area contributed by atoms with Crippen LogP contribution in [0.5, 0.6) is 11.5 Å². The summed E-state index contributed by atoms with van der Waals surface area (Å²) in [4.78, 5) is 51.8. The van der Waals surface area contributed by atoms with E-state index in [1.807, 2.05) is 50.2 Å². The molecule has 1 aliphatic heterocycles. The van der Waals surface area contributed by atoms with Gasteiger partial charge in [0.15, 0.2) is 18.1 Å². The highest BCUT2D eigenvalue weighted by Gasteiger charge is 2.36. The zero-order chi connectivity index (χ0) is 30.4. The van der Waals surface area contributed by atoms with Crippen molar-refractivity contribution in [2.75, 3.05) is 30.9 Å². The summed E-state index contributed by atoms with van der Waals surface area (Å²) in [6.45, 7) is 7.31. The zero-order valence-electron chi connectivity index (χ0n) is 24.1. The van der Waals surface area contributed by atoms with Crippen molar-refractivity contribution in [1.82, 2.24) is 4.90 Å². The van der Waals surface area contributed by atoms with Crippen LogP contribution in [0.2, 0.25) is 0 Å². The summed E-state index contributed by atoms with van der Waals surface area (Å²) in [7, 11) is 1.47. The Labute approximate surface area is 249 Å². The second-order valence-electron chi connectivity index (χ2n) is 10.1. The number of nitrogens with zero attached hydrogens (tertiary/aromatic N) is 1. The number of carbonyl (C=O) groups is 4. The van der Waals surface area contributed by atoms with Gasteiger partial charge in [0.2, 0.25) is 5.91 Å². The molecule has 1 saturated heterocycles. The van der Waals surface area contributed by atoms with E-state index >= 15 is 0 Å². The maximum absolute atomic E-state index is 13.0. The van der Waals surface area contributed by atoms with Gasteiger partial charge in [0.1, 0.15) is 6.54 Å². The number of hydrogen-bond donors (Lipinski definition) is 2. The molecule has 1 fully saturated rings. The van der Waals surface area contributed by atoms with E-state index in [1.54, 1.807) is 30.3 Å². The van der Waals surface area contributed by atoms with E-state index < -0.39 is 23.6 Å². The zero-order valence-corrected chi connectivity index (χ0v) is 25.0. The highest BCUT2D eigenvalue weighted by Crippen LogP contribution is 2.35. The van der Waals surface area contributed by atoms with Crippen LogP contribution in [0.15, 0.2) is 65.6 Å². The SMILES string of the molecule is COc1cc(/C=C2\SC(=O)N(CC(=O)Nc3cccc(C)c3C)C2=O)ccc1OCC(=O)Nc1ccccc1C(C)C. The second-order valence-corrected chi connectivity index (χ2v) is 11.0. The fraction of sp³-hybridized carbons (Fsp3) is 0.250. The average molecular weight is 588 g/mol. The summed E-state index contributed by atoms with van der Waals surface area (Å²) in [5.41, 5.74) is 4.91. The van der Waals surface area contributed by atoms with Crippen molar-refractivity contribution < 1.29 is 28.7 Å². The quantitative estimate of drug-likeness (QED) is 0.274. The van der Waals surface area contributed by atoms with Gasteiger partial charge >= 0.3 is 0 Å². The predicted octanol–water partition coefficient (Wildman–Crippen LogP) is 6.13. The molecule has 0 spiro atoms. The van der Waals surface area contributed by atoms with E-state index in [2.05, 4.69) is 24.5 Å². The third kappa shape index (κ3) is 7.19. The van der Waals surface area contributed by atoms with Crippen LogP contribution in [0.4, 0.5) is 16.2 Å². The van der Waals surface area contributed by atoms with E-state index in [-0.39, 0.29) is 23.3 Å². The van der Waals surface area contributed by atoms with Gasteiger partial charge in [0.05, 0.1) is 12.0 Å². The third-order valence-corrected chi connectivity index (χ3v) is 7.66. The van der Waals surface area contributed by atoms with Gasteiger partial charge in [-0.25, -0.2) is 0 Å². The van der Waals surface area contributed by atoms with E-state index in [4.69, 9.17) is 9.47 Å². The summed E-state index contributed by atoms with van der Waals surface area (Å²) in [6, 6.07) is 18.1. The van der Waals surface area contributed by atoms with Crippen LogP contribution in [0, 0.1) is 13.8 Å². The molecule has 4 amide bonds. The lowest BCUT2D eigenvalue weighted by Crippen LogP contribution is -2.36. The number of carbonyl (C=O) groups excluding carboxylic acids is 4. The molecular formula is C32H33N3O6S. The minimum atomic E-state index is -0.557. The molecule has 1 aliphatic rings. The number of aryl methyl sites for hydroxylation is 1. The Kier molecular flexibility index (Phi) is 9.69. The lowest BCUT2D eigenvalue weighted by Gasteiger charge is -2.15. The van der Waals surface area contributed by atoms with E-state index in [1.165, 1.54) is 7.11 Å². The minimum Gasteiger partial charge on any atom is -0.493 e. The molecule has 4 rings (SSSR count). The summed E-state index contributed by atoms with van der Waals surface area (Å²) >= 11 is 0.760. The molecule has 3 aromatic carbocycles. The third-order valence-electron chi connectivity index (χ3n) is 6.76. The monoisotopic (exact) mass is 587 g/mol. The number of thioether (sulfide) groups is 1. The Morgan fingerprint density at radius 3 is 2.38 bits per heavy atom. The van der Waals surface area contributed by atoms with E-state index in [0.29, 0.717) is 22.7 Å². The van der Waals surface area contributed by atoms with Crippen LogP contribution in [0.3, 0.4) is 0 Å². The van der Waals surface area contributed by atoms with Gasteiger partial charge in [-0.1, -0.05) is 50.2 Å². The number of amides is 4. The maximum atomic E-state index is 13.0. The molecule has 0 unspecified atom stereocenters. The van der Waals surface area contributed by atoms with E-state index in [0.717, 1.165) is 39.0 Å². The first-order chi connectivity index (χ1) is 20.1. The van der Waals surface area contributed by atoms with Gasteiger partial charge in [-0.05, 0) is 84.1 Å². The predicted molar refractivity (Wildman–Crippen MR) is 165 cm³/mol. The smallest absolute Gasteiger partial charge is 0.294 e. The standard InChI is InChI=1S/C32H33N3O6S/c1-19(2)23-10-6-7-11-25(23)34-30(37)18-41-26-14-13-22(15-27(26)40-5)16-28-31(38)35(32(39)42-28)17-29(36)33-24-12-8-9-20(3)21(24)4/h6-16,19H,17-18H2,1-5H3,(H,33,36)(H,34,37)/b28-16-. The molecule has 0 bridgehead atoms. The lowest BCUT2D eigenvalue weighted by molar-refractivity contribution is -0.127. The van der Waals surface area contributed by atoms with Crippen LogP contribution in [-0.2, 0) is 14.4 Å². The van der Waals surface area contributed by atoms with Crippen LogP contribution in [-0.4, -0.2) is 48.1 Å². The van der Waals surface area contributed by atoms with Crippen LogP contribution in [0.25, 0.3) is 6.08 Å². The normalized spacial score (nSPS) is 14.0. The van der Waals surface area contributed by atoms with Gasteiger partial charge < -0.3 is 20.1 Å². The molecule has 1 heterocycles. The van der Waals surface area contributed by atoms with Crippen LogP contribution in [0.1, 0.15) is 42.0 Å². The van der Waals surface area contributed by atoms with Crippen LogP contribution < -0.4 is 20.1 Å². The number of imide groups is 1. The minimum absolute atomic E-state index is 0.179. The topological polar surface area (TPSA) is 114 Å². The van der Waals surface area contributed by atoms with Gasteiger partial charge in [-0.2, -0.15) is 0 Å². The largest absolute Gasteiger partial charge is 0.493 e. The summed E-state index contributed by atoms with van der Waals surface area (Å²) in [5.74, 6) is -0.392. The number of hydrogen-bond acceptors (Lipinski definition) is 7. The van der Waals surface area contributed by atoms with Crippen molar-refractivity contribution in [3.63, 3.8) is 0 Å². The number of methoxy groups -OCH3 is 1. The van der Waals surface area contributed by atoms with E-state index in [9.17, 15) is 19.2 Å². The Morgan fingerprint density at radius 2 is 1.64 bits per heavy atom. The average Bonchev–Trinajstić information content (AvgIpc) is 3.21. The molecule has 3 aromatic rings. The fourth-order valence-electron chi connectivity index (χ4n) is 4.34. The highest BCUT2D eigenvalue weighted by atomic mass is 32.2. The van der Waals surface area contributed by atoms with Crippen LogP contribution >= 0.6 is 11.8 Å². The van der Waals surface area contributed by atoms with Crippen molar-refractivity contribution in [2.45, 2.75) is 33.6 Å². The van der Waals surface area contributed by atoms with Crippen molar-refractivity contribution in [3.8, 4) is 11.5 Å². The maximum Gasteiger partial charge on any atom is 0.294 e. The molecule has 218 valence electrons. The Balaban J connectivity index is 1.39. The lowest BCUT2D eigenvalue weighted by atomic mass is 10.0. The van der Waals surface area contributed by atoms with Crippen molar-refractivity contribution >= 4 is 52.2 Å². The molecule has 0 aliphatic carbocycles. The van der Waals surface area contributed by atoms with Gasteiger partial charge in [0, 0.05) is 11.4 Å². The number of ether oxygens (including phenoxy) is 2. The molecule has 10 heteroatoms. The highest BCUT2D eigenvalue weighted by molar-refractivity contribution is 8.18. The number of rotatable bonds is 10. The van der Waals surface area contributed by atoms with Crippen molar-refractivity contribution in [3.05, 3.63) is 87.8 Å². The molecule has 42 heavy (non-hydrogen) atoms. The number of nitrogens with one attached hydrogen (secondary N) is 2. The molecular weight excluding hydrogens is 554 g/mol. The summed E-state index contributed by atoms with van der Waals surface area (Å²) in [6.07, 6.45) is 1.55. The molecule has 0 radical (unpaired) electrons. The number of benzene rings is 3. The summed E-state index contributed by atoms with van der Waals surface area (Å²) < 4.78 is 11.2. The van der Waals surface area contributed by atoms with Crippen molar-refractivity contribution in [1.29, 1.82) is 0 Å². The van der Waals surface area contributed by atoms with Gasteiger partial charge in [0.25, 0.3) is 17.1 Å². The molecule has 0 saturated carbocycles. The van der Waals surface area contributed by atoms with Crippen molar-refractivity contribution in [2.24, 2.45) is 0 Å². The molecule has 9 nitrogen and oxygen atoms in total. The molecule has 0 atom stereocenters. The first-order valence-corrected chi connectivity index (χ1v) is 14.2. The second kappa shape index (κ2) is 13.4. The Bertz CT molecular complexity index is 1570. The molecule has 0 aromatic heterocycles. The number of para-hydroxylation sites is 1. The first kappa shape index (κ1) is 30.4. The fourth-order valence-corrected chi connectivity index (χ4v) is 5.18. The number of anilines is 2.